The molecule has 4 aliphatic rings. The fraction of sp³-hybridized carbons (Fsp3) is 0.824. The van der Waals surface area contributed by atoms with Gasteiger partial charge in [-0.05, 0) is 38.8 Å². The lowest BCUT2D eigenvalue weighted by atomic mass is 9.83. The Labute approximate surface area is 133 Å². The van der Waals surface area contributed by atoms with Crippen molar-refractivity contribution in [2.75, 3.05) is 45.8 Å². The van der Waals surface area contributed by atoms with Crippen LogP contribution < -0.4 is 0 Å². The third kappa shape index (κ3) is 2.82. The molecule has 5 heterocycles. The van der Waals surface area contributed by atoms with E-state index in [4.69, 9.17) is 0 Å². The lowest BCUT2D eigenvalue weighted by molar-refractivity contribution is -0.0162. The Morgan fingerprint density at radius 3 is 2.36 bits per heavy atom. The van der Waals surface area contributed by atoms with E-state index in [0.717, 1.165) is 18.5 Å². The van der Waals surface area contributed by atoms with Crippen LogP contribution in [0, 0.1) is 12.8 Å². The Morgan fingerprint density at radius 1 is 1.09 bits per heavy atom. The fourth-order valence-electron chi connectivity index (χ4n) is 4.65. The van der Waals surface area contributed by atoms with Crippen molar-refractivity contribution >= 4 is 0 Å². The van der Waals surface area contributed by atoms with Crippen molar-refractivity contribution in [2.45, 2.75) is 32.4 Å². The van der Waals surface area contributed by atoms with E-state index in [1.165, 1.54) is 69.9 Å². The first kappa shape index (κ1) is 14.7. The maximum Gasteiger partial charge on any atom is 0.0638 e. The molecule has 4 saturated heterocycles. The van der Waals surface area contributed by atoms with Crippen LogP contribution in [0.4, 0.5) is 0 Å². The highest BCUT2D eigenvalue weighted by Crippen LogP contribution is 2.31. The van der Waals surface area contributed by atoms with E-state index in [-0.39, 0.29) is 0 Å². The standard InChI is InChI=1S/C17H29N5/c1-14-16(11-19(2)18-14)12-21-7-9-22(10-8-21)17-13-20-5-3-15(17)4-6-20/h11,15,17H,3-10,12-13H2,1-2H3/t17-/m1/s1. The molecular formula is C17H29N5. The van der Waals surface area contributed by atoms with Crippen molar-refractivity contribution in [3.63, 3.8) is 0 Å². The molecule has 5 heteroatoms. The first-order valence-electron chi connectivity index (χ1n) is 8.87. The quantitative estimate of drug-likeness (QED) is 0.831. The molecule has 2 bridgehead atoms. The predicted molar refractivity (Wildman–Crippen MR) is 87.7 cm³/mol. The number of hydrogen-bond acceptors (Lipinski definition) is 4. The summed E-state index contributed by atoms with van der Waals surface area (Å²) in [5, 5.41) is 4.46. The van der Waals surface area contributed by atoms with Gasteiger partial charge < -0.3 is 4.90 Å². The van der Waals surface area contributed by atoms with Crippen LogP contribution in [0.25, 0.3) is 0 Å². The summed E-state index contributed by atoms with van der Waals surface area (Å²) in [6.07, 6.45) is 5.04. The van der Waals surface area contributed by atoms with E-state index in [9.17, 15) is 0 Å². The molecule has 1 atom stereocenters. The van der Waals surface area contributed by atoms with Gasteiger partial charge in [-0.1, -0.05) is 0 Å². The minimum Gasteiger partial charge on any atom is -0.302 e. The third-order valence-electron chi connectivity index (χ3n) is 6.01. The van der Waals surface area contributed by atoms with Crippen LogP contribution in [-0.4, -0.2) is 76.3 Å². The summed E-state index contributed by atoms with van der Waals surface area (Å²) in [4.78, 5) is 8.06. The van der Waals surface area contributed by atoms with Gasteiger partial charge in [-0.2, -0.15) is 5.10 Å². The summed E-state index contributed by atoms with van der Waals surface area (Å²) < 4.78 is 1.94. The fourth-order valence-corrected chi connectivity index (χ4v) is 4.65. The van der Waals surface area contributed by atoms with Gasteiger partial charge in [0.15, 0.2) is 0 Å². The number of piperazine rings is 1. The van der Waals surface area contributed by atoms with Crippen LogP contribution in [-0.2, 0) is 13.6 Å². The third-order valence-corrected chi connectivity index (χ3v) is 6.01. The second-order valence-electron chi connectivity index (χ2n) is 7.43. The SMILES string of the molecule is Cc1nn(C)cc1CN1CCN([C@@H]2CN3CCC2CC3)CC1. The lowest BCUT2D eigenvalue weighted by Crippen LogP contribution is -2.60. The van der Waals surface area contributed by atoms with Crippen LogP contribution in [0.5, 0.6) is 0 Å². The van der Waals surface area contributed by atoms with Gasteiger partial charge in [0, 0.05) is 64.1 Å². The van der Waals surface area contributed by atoms with Gasteiger partial charge in [0.2, 0.25) is 0 Å². The molecule has 0 amide bonds. The second-order valence-corrected chi connectivity index (χ2v) is 7.43. The molecule has 4 aliphatic heterocycles. The van der Waals surface area contributed by atoms with E-state index in [1.54, 1.807) is 0 Å². The molecule has 1 aromatic rings. The van der Waals surface area contributed by atoms with E-state index in [2.05, 4.69) is 32.9 Å². The second kappa shape index (κ2) is 5.95. The molecule has 0 radical (unpaired) electrons. The van der Waals surface area contributed by atoms with Gasteiger partial charge >= 0.3 is 0 Å². The van der Waals surface area contributed by atoms with Crippen LogP contribution in [0.3, 0.4) is 0 Å². The average Bonchev–Trinajstić information content (AvgIpc) is 2.87. The van der Waals surface area contributed by atoms with Gasteiger partial charge in [-0.15, -0.1) is 0 Å². The molecule has 5 rings (SSSR count). The Kier molecular flexibility index (Phi) is 3.96. The van der Waals surface area contributed by atoms with Crippen LogP contribution in [0.1, 0.15) is 24.1 Å². The van der Waals surface area contributed by atoms with Crippen LogP contribution >= 0.6 is 0 Å². The highest BCUT2D eigenvalue weighted by molar-refractivity contribution is 5.15. The molecule has 4 fully saturated rings. The van der Waals surface area contributed by atoms with Gasteiger partial charge in [0.05, 0.1) is 5.69 Å². The van der Waals surface area contributed by atoms with Crippen molar-refractivity contribution in [2.24, 2.45) is 13.0 Å². The molecule has 0 aliphatic carbocycles. The molecule has 0 spiro atoms. The summed E-state index contributed by atoms with van der Waals surface area (Å²) in [7, 11) is 2.02. The van der Waals surface area contributed by atoms with Crippen LogP contribution in [0.2, 0.25) is 0 Å². The van der Waals surface area contributed by atoms with Crippen molar-refractivity contribution < 1.29 is 0 Å². The van der Waals surface area contributed by atoms with E-state index in [1.807, 2.05) is 11.7 Å². The maximum atomic E-state index is 4.46. The van der Waals surface area contributed by atoms with E-state index < -0.39 is 0 Å². The largest absolute Gasteiger partial charge is 0.302 e. The predicted octanol–water partition coefficient (Wildman–Crippen LogP) is 0.940. The zero-order chi connectivity index (χ0) is 15.1. The molecule has 1 aromatic heterocycles. The summed E-state index contributed by atoms with van der Waals surface area (Å²) >= 11 is 0. The molecule has 0 N–H and O–H groups in total. The topological polar surface area (TPSA) is 27.5 Å². The summed E-state index contributed by atoms with van der Waals surface area (Å²) in [5.41, 5.74) is 2.57. The minimum atomic E-state index is 0.838. The Hall–Kier alpha value is -0.910. The molecule has 22 heavy (non-hydrogen) atoms. The first-order valence-corrected chi connectivity index (χ1v) is 8.87. The average molecular weight is 303 g/mol. The highest BCUT2D eigenvalue weighted by Gasteiger charge is 2.38. The van der Waals surface area contributed by atoms with Crippen molar-refractivity contribution in [3.8, 4) is 0 Å². The Balaban J connectivity index is 1.32. The lowest BCUT2D eigenvalue weighted by Gasteiger charge is -2.51. The van der Waals surface area contributed by atoms with Gasteiger partial charge in [-0.25, -0.2) is 0 Å². The Bertz CT molecular complexity index is 509. The first-order chi connectivity index (χ1) is 10.7. The van der Waals surface area contributed by atoms with Crippen molar-refractivity contribution in [3.05, 3.63) is 17.5 Å². The van der Waals surface area contributed by atoms with Gasteiger partial charge in [0.1, 0.15) is 0 Å². The molecule has 0 aromatic carbocycles. The number of rotatable bonds is 3. The smallest absolute Gasteiger partial charge is 0.0638 e. The monoisotopic (exact) mass is 303 g/mol. The summed E-state index contributed by atoms with van der Waals surface area (Å²) in [6.45, 7) is 12.1. The van der Waals surface area contributed by atoms with Gasteiger partial charge in [0.25, 0.3) is 0 Å². The van der Waals surface area contributed by atoms with Crippen molar-refractivity contribution in [1.82, 2.24) is 24.5 Å². The molecule has 5 nitrogen and oxygen atoms in total. The summed E-state index contributed by atoms with van der Waals surface area (Å²) in [5.74, 6) is 0.970. The number of aryl methyl sites for hydroxylation is 2. The molecule has 122 valence electrons. The molecule has 0 saturated carbocycles. The zero-order valence-corrected chi connectivity index (χ0v) is 14.0. The van der Waals surface area contributed by atoms with Crippen molar-refractivity contribution in [1.29, 1.82) is 0 Å². The van der Waals surface area contributed by atoms with E-state index in [0.29, 0.717) is 0 Å². The number of nitrogens with zero attached hydrogens (tertiary/aromatic N) is 5. The number of piperidine rings is 3. The molecule has 0 unspecified atom stereocenters. The van der Waals surface area contributed by atoms with Crippen LogP contribution in [0.15, 0.2) is 6.20 Å². The highest BCUT2D eigenvalue weighted by atomic mass is 15.3. The minimum absolute atomic E-state index is 0.838. The zero-order valence-electron chi connectivity index (χ0n) is 14.0. The van der Waals surface area contributed by atoms with E-state index >= 15 is 0 Å². The number of aromatic nitrogens is 2. The molecular weight excluding hydrogens is 274 g/mol. The Morgan fingerprint density at radius 2 is 1.82 bits per heavy atom. The maximum absolute atomic E-state index is 4.46. The van der Waals surface area contributed by atoms with Gasteiger partial charge in [-0.3, -0.25) is 14.5 Å². The number of hydrogen-bond donors (Lipinski definition) is 0. The summed E-state index contributed by atoms with van der Waals surface area (Å²) in [6, 6.07) is 0.838. The normalized spacial score (nSPS) is 33.5. The number of fused-ring (bicyclic) bond motifs is 3.